The second-order valence-corrected chi connectivity index (χ2v) is 5.25. The Morgan fingerprint density at radius 3 is 2.75 bits per heavy atom. The van der Waals surface area contributed by atoms with Crippen LogP contribution in [0, 0.1) is 0 Å². The maximum Gasteiger partial charge on any atom is 0.126 e. The molecule has 0 fully saturated rings. The standard InChI is InChI=1S/C16H15ClO3/c1-19-15-7-13(17)4-5-14(15)16(18)10-2-3-11-8-20-9-12(11)6-10/h2-7,16,18H,8-9H2,1H3. The Balaban J connectivity index is 1.98. The number of aliphatic hydroxyl groups excluding tert-OH is 1. The fourth-order valence-electron chi connectivity index (χ4n) is 2.45. The molecule has 2 aromatic carbocycles. The number of ether oxygens (including phenoxy) is 2. The van der Waals surface area contributed by atoms with Crippen LogP contribution in [0.1, 0.15) is 28.4 Å². The van der Waals surface area contributed by atoms with E-state index in [0.29, 0.717) is 29.5 Å². The predicted molar refractivity (Wildman–Crippen MR) is 77.0 cm³/mol. The lowest BCUT2D eigenvalue weighted by atomic mass is 9.97. The van der Waals surface area contributed by atoms with Crippen molar-refractivity contribution in [3.05, 3.63) is 63.7 Å². The third-order valence-corrected chi connectivity index (χ3v) is 3.79. The SMILES string of the molecule is COc1cc(Cl)ccc1C(O)c1ccc2c(c1)COC2. The zero-order valence-corrected chi connectivity index (χ0v) is 11.9. The maximum absolute atomic E-state index is 10.6. The highest BCUT2D eigenvalue weighted by molar-refractivity contribution is 6.30. The molecule has 1 unspecified atom stereocenters. The summed E-state index contributed by atoms with van der Waals surface area (Å²) in [5.41, 5.74) is 3.85. The predicted octanol–water partition coefficient (Wildman–Crippen LogP) is 3.46. The minimum absolute atomic E-state index is 0.583. The molecule has 104 valence electrons. The summed E-state index contributed by atoms with van der Waals surface area (Å²) >= 11 is 5.94. The quantitative estimate of drug-likeness (QED) is 0.941. The van der Waals surface area contributed by atoms with Crippen molar-refractivity contribution in [3.8, 4) is 5.75 Å². The molecule has 4 heteroatoms. The fourth-order valence-corrected chi connectivity index (χ4v) is 2.61. The van der Waals surface area contributed by atoms with E-state index in [1.54, 1.807) is 25.3 Å². The van der Waals surface area contributed by atoms with E-state index in [1.807, 2.05) is 18.2 Å². The van der Waals surface area contributed by atoms with Crippen LogP contribution in [-0.4, -0.2) is 12.2 Å². The van der Waals surface area contributed by atoms with E-state index >= 15 is 0 Å². The molecule has 3 rings (SSSR count). The van der Waals surface area contributed by atoms with Gasteiger partial charge in [-0.2, -0.15) is 0 Å². The van der Waals surface area contributed by atoms with Gasteiger partial charge in [0, 0.05) is 10.6 Å². The summed E-state index contributed by atoms with van der Waals surface area (Å²) in [7, 11) is 1.57. The van der Waals surface area contributed by atoms with Crippen LogP contribution in [0.15, 0.2) is 36.4 Å². The van der Waals surface area contributed by atoms with Crippen molar-refractivity contribution in [2.24, 2.45) is 0 Å². The highest BCUT2D eigenvalue weighted by Gasteiger charge is 2.19. The third kappa shape index (κ3) is 2.40. The van der Waals surface area contributed by atoms with Crippen LogP contribution >= 0.6 is 11.6 Å². The van der Waals surface area contributed by atoms with Crippen molar-refractivity contribution in [2.45, 2.75) is 19.3 Å². The van der Waals surface area contributed by atoms with Crippen molar-refractivity contribution in [1.82, 2.24) is 0 Å². The molecule has 1 aliphatic rings. The third-order valence-electron chi connectivity index (χ3n) is 3.55. The van der Waals surface area contributed by atoms with E-state index in [9.17, 15) is 5.11 Å². The molecule has 2 aromatic rings. The molecule has 0 radical (unpaired) electrons. The molecule has 1 heterocycles. The highest BCUT2D eigenvalue weighted by atomic mass is 35.5. The van der Waals surface area contributed by atoms with Gasteiger partial charge in [0.1, 0.15) is 11.9 Å². The van der Waals surface area contributed by atoms with Gasteiger partial charge in [-0.05, 0) is 28.8 Å². The Labute approximate surface area is 122 Å². The first kappa shape index (κ1) is 13.4. The van der Waals surface area contributed by atoms with Crippen LogP contribution in [0.3, 0.4) is 0 Å². The van der Waals surface area contributed by atoms with Gasteiger partial charge in [-0.15, -0.1) is 0 Å². The molecule has 0 spiro atoms. The van der Waals surface area contributed by atoms with Gasteiger partial charge in [0.2, 0.25) is 0 Å². The molecular weight excluding hydrogens is 276 g/mol. The zero-order chi connectivity index (χ0) is 14.1. The number of hydrogen-bond acceptors (Lipinski definition) is 3. The van der Waals surface area contributed by atoms with Gasteiger partial charge < -0.3 is 14.6 Å². The molecule has 0 saturated heterocycles. The molecular formula is C16H15ClO3. The van der Waals surface area contributed by atoms with E-state index in [2.05, 4.69) is 0 Å². The Kier molecular flexibility index (Phi) is 3.66. The second kappa shape index (κ2) is 5.44. The number of fused-ring (bicyclic) bond motifs is 1. The average molecular weight is 291 g/mol. The van der Waals surface area contributed by atoms with Gasteiger partial charge in [-0.3, -0.25) is 0 Å². The Bertz CT molecular complexity index is 640. The van der Waals surface area contributed by atoms with Crippen molar-refractivity contribution in [2.75, 3.05) is 7.11 Å². The molecule has 0 saturated carbocycles. The Morgan fingerprint density at radius 2 is 1.95 bits per heavy atom. The molecule has 0 bridgehead atoms. The van der Waals surface area contributed by atoms with Crippen molar-refractivity contribution in [1.29, 1.82) is 0 Å². The van der Waals surface area contributed by atoms with Gasteiger partial charge in [-0.25, -0.2) is 0 Å². The lowest BCUT2D eigenvalue weighted by Crippen LogP contribution is -2.03. The monoisotopic (exact) mass is 290 g/mol. The number of rotatable bonds is 3. The first-order valence-corrected chi connectivity index (χ1v) is 6.78. The maximum atomic E-state index is 10.6. The number of benzene rings is 2. The molecule has 3 nitrogen and oxygen atoms in total. The number of halogens is 1. The van der Waals surface area contributed by atoms with Crippen LogP contribution in [0.25, 0.3) is 0 Å². The normalized spacial score (nSPS) is 14.9. The first-order valence-electron chi connectivity index (χ1n) is 6.40. The molecule has 0 aromatic heterocycles. The first-order chi connectivity index (χ1) is 9.69. The minimum atomic E-state index is -0.742. The fraction of sp³-hybridized carbons (Fsp3) is 0.250. The van der Waals surface area contributed by atoms with Gasteiger partial charge >= 0.3 is 0 Å². The topological polar surface area (TPSA) is 38.7 Å². The minimum Gasteiger partial charge on any atom is -0.496 e. The van der Waals surface area contributed by atoms with Gasteiger partial charge in [0.15, 0.2) is 0 Å². The van der Waals surface area contributed by atoms with Gasteiger partial charge in [0.05, 0.1) is 20.3 Å². The molecule has 0 aliphatic carbocycles. The Hall–Kier alpha value is -1.55. The molecule has 1 N–H and O–H groups in total. The average Bonchev–Trinajstić information content (AvgIpc) is 2.93. The molecule has 20 heavy (non-hydrogen) atoms. The van der Waals surface area contributed by atoms with Crippen LogP contribution in [0.4, 0.5) is 0 Å². The van der Waals surface area contributed by atoms with Gasteiger partial charge in [-0.1, -0.05) is 35.9 Å². The Morgan fingerprint density at radius 1 is 1.15 bits per heavy atom. The summed E-state index contributed by atoms with van der Waals surface area (Å²) in [5.74, 6) is 0.585. The van der Waals surface area contributed by atoms with Crippen molar-refractivity contribution >= 4 is 11.6 Å². The summed E-state index contributed by atoms with van der Waals surface area (Å²) < 4.78 is 10.7. The lowest BCUT2D eigenvalue weighted by molar-refractivity contribution is 0.134. The molecule has 1 atom stereocenters. The van der Waals surface area contributed by atoms with Crippen LogP contribution in [0.2, 0.25) is 5.02 Å². The summed E-state index contributed by atoms with van der Waals surface area (Å²) in [4.78, 5) is 0. The van der Waals surface area contributed by atoms with E-state index in [0.717, 1.165) is 11.1 Å². The lowest BCUT2D eigenvalue weighted by Gasteiger charge is -2.16. The summed E-state index contributed by atoms with van der Waals surface area (Å²) in [5, 5.41) is 11.1. The van der Waals surface area contributed by atoms with Crippen LogP contribution in [-0.2, 0) is 18.0 Å². The van der Waals surface area contributed by atoms with Gasteiger partial charge in [0.25, 0.3) is 0 Å². The summed E-state index contributed by atoms with van der Waals surface area (Å²) in [6.45, 7) is 1.25. The molecule has 1 aliphatic heterocycles. The number of aliphatic hydroxyl groups is 1. The van der Waals surface area contributed by atoms with E-state index in [4.69, 9.17) is 21.1 Å². The van der Waals surface area contributed by atoms with Crippen molar-refractivity contribution in [3.63, 3.8) is 0 Å². The highest BCUT2D eigenvalue weighted by Crippen LogP contribution is 2.33. The smallest absolute Gasteiger partial charge is 0.126 e. The number of methoxy groups -OCH3 is 1. The van der Waals surface area contributed by atoms with Crippen molar-refractivity contribution < 1.29 is 14.6 Å². The largest absolute Gasteiger partial charge is 0.496 e. The second-order valence-electron chi connectivity index (χ2n) is 4.81. The number of hydrogen-bond donors (Lipinski definition) is 1. The van der Waals surface area contributed by atoms with Crippen LogP contribution < -0.4 is 4.74 Å². The molecule has 0 amide bonds. The summed E-state index contributed by atoms with van der Waals surface area (Å²) in [6.07, 6.45) is -0.742. The van der Waals surface area contributed by atoms with Crippen LogP contribution in [0.5, 0.6) is 5.75 Å². The zero-order valence-electron chi connectivity index (χ0n) is 11.1. The van der Waals surface area contributed by atoms with E-state index < -0.39 is 6.10 Å². The van der Waals surface area contributed by atoms with E-state index in [1.165, 1.54) is 5.56 Å². The summed E-state index contributed by atoms with van der Waals surface area (Å²) in [6, 6.07) is 11.2. The van der Waals surface area contributed by atoms with E-state index in [-0.39, 0.29) is 0 Å².